The van der Waals surface area contributed by atoms with Crippen LogP contribution in [0.5, 0.6) is 0 Å². The summed E-state index contributed by atoms with van der Waals surface area (Å²) in [6.07, 6.45) is 4.42. The van der Waals surface area contributed by atoms with Crippen LogP contribution in [0.2, 0.25) is 0 Å². The number of para-hydroxylation sites is 2. The predicted molar refractivity (Wildman–Crippen MR) is 78.3 cm³/mol. The Morgan fingerprint density at radius 1 is 1.32 bits per heavy atom. The Labute approximate surface area is 113 Å². The van der Waals surface area contributed by atoms with Gasteiger partial charge in [0.25, 0.3) is 0 Å². The second kappa shape index (κ2) is 5.53. The normalized spacial score (nSPS) is 19.9. The Bertz CT molecular complexity index is 555. The van der Waals surface area contributed by atoms with E-state index in [0.717, 1.165) is 29.9 Å². The standard InChI is InChI=1S/C15H20N4/c1-2-19-9-5-6-12(19)10-17-15-11-16-13-7-3-4-8-14(13)18-15/h3-4,7-8,11-12H,2,5-6,9-10H2,1H3,(H,17,18). The molecule has 2 aromatic rings. The fourth-order valence-corrected chi connectivity index (χ4v) is 2.81. The molecule has 100 valence electrons. The largest absolute Gasteiger partial charge is 0.367 e. The number of likely N-dealkylation sites (N-methyl/N-ethyl adjacent to an activating group) is 1. The maximum Gasteiger partial charge on any atom is 0.145 e. The lowest BCUT2D eigenvalue weighted by molar-refractivity contribution is 0.277. The van der Waals surface area contributed by atoms with Gasteiger partial charge in [-0.05, 0) is 38.1 Å². The van der Waals surface area contributed by atoms with Crippen LogP contribution in [0, 0.1) is 0 Å². The first-order valence-corrected chi connectivity index (χ1v) is 7.06. The molecule has 4 nitrogen and oxygen atoms in total. The highest BCUT2D eigenvalue weighted by Gasteiger charge is 2.22. The average Bonchev–Trinajstić information content (AvgIpc) is 2.92. The van der Waals surface area contributed by atoms with Crippen molar-refractivity contribution in [3.8, 4) is 0 Å². The summed E-state index contributed by atoms with van der Waals surface area (Å²) in [5, 5.41) is 3.43. The molecular formula is C15H20N4. The summed E-state index contributed by atoms with van der Waals surface area (Å²) in [5.74, 6) is 0.877. The molecule has 0 saturated carbocycles. The maximum absolute atomic E-state index is 4.59. The summed E-state index contributed by atoms with van der Waals surface area (Å²) in [7, 11) is 0. The monoisotopic (exact) mass is 256 g/mol. The van der Waals surface area contributed by atoms with E-state index in [1.807, 2.05) is 30.5 Å². The summed E-state index contributed by atoms with van der Waals surface area (Å²) in [6, 6.07) is 8.61. The number of fused-ring (bicyclic) bond motifs is 1. The molecule has 1 unspecified atom stereocenters. The number of likely N-dealkylation sites (tertiary alicyclic amines) is 1. The highest BCUT2D eigenvalue weighted by Crippen LogP contribution is 2.17. The smallest absolute Gasteiger partial charge is 0.145 e. The lowest BCUT2D eigenvalue weighted by Crippen LogP contribution is -2.34. The van der Waals surface area contributed by atoms with Crippen LogP contribution in [0.25, 0.3) is 11.0 Å². The van der Waals surface area contributed by atoms with Gasteiger partial charge in [-0.15, -0.1) is 0 Å². The molecule has 0 spiro atoms. The first-order valence-electron chi connectivity index (χ1n) is 7.06. The molecule has 3 rings (SSSR count). The van der Waals surface area contributed by atoms with Crippen LogP contribution >= 0.6 is 0 Å². The SMILES string of the molecule is CCN1CCCC1CNc1cnc2ccccc2n1. The second-order valence-electron chi connectivity index (χ2n) is 5.05. The van der Waals surface area contributed by atoms with Crippen LogP contribution in [0.15, 0.2) is 30.5 Å². The van der Waals surface area contributed by atoms with E-state index in [1.165, 1.54) is 19.4 Å². The van der Waals surface area contributed by atoms with E-state index in [0.29, 0.717) is 6.04 Å². The highest BCUT2D eigenvalue weighted by atomic mass is 15.2. The number of hydrogen-bond donors (Lipinski definition) is 1. The maximum atomic E-state index is 4.59. The number of benzene rings is 1. The summed E-state index contributed by atoms with van der Waals surface area (Å²) in [6.45, 7) is 5.55. The molecule has 1 atom stereocenters. The first kappa shape index (κ1) is 12.4. The summed E-state index contributed by atoms with van der Waals surface area (Å²) < 4.78 is 0. The van der Waals surface area contributed by atoms with Crippen LogP contribution in [-0.4, -0.2) is 40.5 Å². The molecule has 19 heavy (non-hydrogen) atoms. The van der Waals surface area contributed by atoms with Gasteiger partial charge in [0.1, 0.15) is 5.82 Å². The van der Waals surface area contributed by atoms with Crippen molar-refractivity contribution in [3.05, 3.63) is 30.5 Å². The van der Waals surface area contributed by atoms with Gasteiger partial charge < -0.3 is 5.32 Å². The third-order valence-corrected chi connectivity index (χ3v) is 3.87. The van der Waals surface area contributed by atoms with Crippen molar-refractivity contribution < 1.29 is 0 Å². The van der Waals surface area contributed by atoms with E-state index >= 15 is 0 Å². The number of aromatic nitrogens is 2. The minimum absolute atomic E-state index is 0.637. The van der Waals surface area contributed by atoms with Crippen LogP contribution in [-0.2, 0) is 0 Å². The first-order chi connectivity index (χ1) is 9.36. The van der Waals surface area contributed by atoms with E-state index in [4.69, 9.17) is 0 Å². The number of rotatable bonds is 4. The molecule has 1 N–H and O–H groups in total. The van der Waals surface area contributed by atoms with Crippen molar-refractivity contribution in [2.45, 2.75) is 25.8 Å². The minimum Gasteiger partial charge on any atom is -0.367 e. The molecule has 0 aliphatic carbocycles. The molecule has 4 heteroatoms. The lowest BCUT2D eigenvalue weighted by atomic mass is 10.2. The molecular weight excluding hydrogens is 236 g/mol. The van der Waals surface area contributed by atoms with Crippen molar-refractivity contribution in [1.29, 1.82) is 0 Å². The Balaban J connectivity index is 1.68. The fraction of sp³-hybridized carbons (Fsp3) is 0.467. The van der Waals surface area contributed by atoms with Crippen LogP contribution in [0.4, 0.5) is 5.82 Å². The van der Waals surface area contributed by atoms with Crippen molar-refractivity contribution in [3.63, 3.8) is 0 Å². The molecule has 1 aliphatic rings. The van der Waals surface area contributed by atoms with E-state index < -0.39 is 0 Å². The van der Waals surface area contributed by atoms with Gasteiger partial charge in [0.15, 0.2) is 0 Å². The third-order valence-electron chi connectivity index (χ3n) is 3.87. The Kier molecular flexibility index (Phi) is 3.60. The number of hydrogen-bond acceptors (Lipinski definition) is 4. The number of nitrogens with zero attached hydrogens (tertiary/aromatic N) is 3. The zero-order chi connectivity index (χ0) is 13.1. The van der Waals surface area contributed by atoms with Gasteiger partial charge in [-0.1, -0.05) is 19.1 Å². The quantitative estimate of drug-likeness (QED) is 0.912. The molecule has 2 heterocycles. The van der Waals surface area contributed by atoms with E-state index in [1.54, 1.807) is 0 Å². The molecule has 1 aromatic carbocycles. The molecule has 1 aliphatic heterocycles. The number of anilines is 1. The fourth-order valence-electron chi connectivity index (χ4n) is 2.81. The van der Waals surface area contributed by atoms with E-state index in [-0.39, 0.29) is 0 Å². The minimum atomic E-state index is 0.637. The van der Waals surface area contributed by atoms with Crippen molar-refractivity contribution in [1.82, 2.24) is 14.9 Å². The summed E-state index contributed by atoms with van der Waals surface area (Å²) >= 11 is 0. The van der Waals surface area contributed by atoms with E-state index in [9.17, 15) is 0 Å². The van der Waals surface area contributed by atoms with Gasteiger partial charge in [0.2, 0.25) is 0 Å². The zero-order valence-electron chi connectivity index (χ0n) is 11.3. The third kappa shape index (κ3) is 2.68. The highest BCUT2D eigenvalue weighted by molar-refractivity contribution is 5.75. The lowest BCUT2D eigenvalue weighted by Gasteiger charge is -2.23. The topological polar surface area (TPSA) is 41.0 Å². The summed E-state index contributed by atoms with van der Waals surface area (Å²) in [5.41, 5.74) is 1.90. The molecule has 1 aromatic heterocycles. The van der Waals surface area contributed by atoms with Crippen LogP contribution < -0.4 is 5.32 Å². The molecule has 1 saturated heterocycles. The van der Waals surface area contributed by atoms with Gasteiger partial charge in [0.05, 0.1) is 17.2 Å². The van der Waals surface area contributed by atoms with Crippen molar-refractivity contribution in [2.24, 2.45) is 0 Å². The van der Waals surface area contributed by atoms with Crippen molar-refractivity contribution >= 4 is 16.9 Å². The molecule has 0 bridgehead atoms. The van der Waals surface area contributed by atoms with Gasteiger partial charge in [-0.3, -0.25) is 9.88 Å². The number of nitrogens with one attached hydrogen (secondary N) is 1. The Hall–Kier alpha value is -1.68. The predicted octanol–water partition coefficient (Wildman–Crippen LogP) is 2.53. The van der Waals surface area contributed by atoms with Gasteiger partial charge in [-0.25, -0.2) is 4.98 Å². The Morgan fingerprint density at radius 3 is 3.00 bits per heavy atom. The van der Waals surface area contributed by atoms with Crippen molar-refractivity contribution in [2.75, 3.05) is 25.0 Å². The van der Waals surface area contributed by atoms with Gasteiger partial charge >= 0.3 is 0 Å². The second-order valence-corrected chi connectivity index (χ2v) is 5.05. The molecule has 0 amide bonds. The Morgan fingerprint density at radius 2 is 2.16 bits per heavy atom. The van der Waals surface area contributed by atoms with Gasteiger partial charge in [0, 0.05) is 12.6 Å². The summed E-state index contributed by atoms with van der Waals surface area (Å²) in [4.78, 5) is 11.6. The van der Waals surface area contributed by atoms with E-state index in [2.05, 4.69) is 27.1 Å². The van der Waals surface area contributed by atoms with Gasteiger partial charge in [-0.2, -0.15) is 0 Å². The molecule has 1 fully saturated rings. The average molecular weight is 256 g/mol. The molecule has 0 radical (unpaired) electrons. The zero-order valence-corrected chi connectivity index (χ0v) is 11.3. The van der Waals surface area contributed by atoms with Crippen LogP contribution in [0.1, 0.15) is 19.8 Å². The van der Waals surface area contributed by atoms with Crippen LogP contribution in [0.3, 0.4) is 0 Å².